The molecule has 156 valence electrons. The Morgan fingerprint density at radius 1 is 1.00 bits per heavy atom. The number of benzene rings is 1. The average molecular weight is 419 g/mol. The summed E-state index contributed by atoms with van der Waals surface area (Å²) in [5.41, 5.74) is 0. The van der Waals surface area contributed by atoms with Crippen molar-refractivity contribution in [3.63, 3.8) is 0 Å². The highest BCUT2D eigenvalue weighted by molar-refractivity contribution is 7.84. The van der Waals surface area contributed by atoms with E-state index in [1.165, 1.54) is 56.6 Å². The number of amides is 1. The number of nitrogens with zero attached hydrogens (tertiary/aromatic N) is 2. The first kappa shape index (κ1) is 20.3. The van der Waals surface area contributed by atoms with Gasteiger partial charge in [-0.3, -0.25) is 9.00 Å². The molecule has 29 heavy (non-hydrogen) atoms. The molecule has 0 aliphatic carbocycles. The molecule has 1 aromatic heterocycles. The summed E-state index contributed by atoms with van der Waals surface area (Å²) in [7, 11) is -1.35. The van der Waals surface area contributed by atoms with Crippen molar-refractivity contribution in [1.29, 1.82) is 0 Å². The number of likely N-dealkylation sites (tertiary alicyclic amines) is 2. The van der Waals surface area contributed by atoms with E-state index in [0.717, 1.165) is 25.9 Å². The predicted octanol–water partition coefficient (Wildman–Crippen LogP) is 3.82. The van der Waals surface area contributed by atoms with Crippen LogP contribution in [0.2, 0.25) is 0 Å². The molecule has 2 saturated heterocycles. The van der Waals surface area contributed by atoms with Crippen LogP contribution in [0.25, 0.3) is 0 Å². The molecule has 0 spiro atoms. The summed E-state index contributed by atoms with van der Waals surface area (Å²) < 4.78 is 31.1. The largest absolute Gasteiger partial charge is 0.455 e. The van der Waals surface area contributed by atoms with Crippen molar-refractivity contribution in [2.75, 3.05) is 26.2 Å². The maximum Gasteiger partial charge on any atom is 0.289 e. The van der Waals surface area contributed by atoms with Crippen LogP contribution in [0.5, 0.6) is 0 Å². The normalized spacial score (nSPS) is 20.0. The average Bonchev–Trinajstić information content (AvgIpc) is 3.23. The SMILES string of the molecule is O=C(c1ccc(C[S@@](=O)c2ccc(F)cc2)o1)N1CCC(N2CCCCC2)CC1. The lowest BCUT2D eigenvalue weighted by Gasteiger charge is -2.40. The van der Waals surface area contributed by atoms with Crippen molar-refractivity contribution in [3.05, 3.63) is 53.7 Å². The zero-order chi connectivity index (χ0) is 20.2. The van der Waals surface area contributed by atoms with Crippen LogP contribution in [0.3, 0.4) is 0 Å². The molecule has 2 aromatic rings. The molecule has 1 atom stereocenters. The summed E-state index contributed by atoms with van der Waals surface area (Å²) in [6.45, 7) is 3.87. The van der Waals surface area contributed by atoms with Gasteiger partial charge in [0.2, 0.25) is 0 Å². The molecular formula is C22H27FN2O3S. The number of rotatable bonds is 5. The summed E-state index contributed by atoms with van der Waals surface area (Å²) in [5.74, 6) is 0.504. The van der Waals surface area contributed by atoms with E-state index in [1.807, 2.05) is 4.90 Å². The lowest BCUT2D eigenvalue weighted by atomic mass is 10.00. The van der Waals surface area contributed by atoms with Crippen molar-refractivity contribution < 1.29 is 17.8 Å². The molecule has 0 radical (unpaired) electrons. The Labute approximate surface area is 173 Å². The highest BCUT2D eigenvalue weighted by atomic mass is 32.2. The lowest BCUT2D eigenvalue weighted by molar-refractivity contribution is 0.0561. The Morgan fingerprint density at radius 2 is 1.69 bits per heavy atom. The van der Waals surface area contributed by atoms with E-state index >= 15 is 0 Å². The third kappa shape index (κ3) is 4.95. The number of hydrogen-bond donors (Lipinski definition) is 0. The van der Waals surface area contributed by atoms with E-state index in [4.69, 9.17) is 4.42 Å². The summed E-state index contributed by atoms with van der Waals surface area (Å²) in [6, 6.07) is 9.55. The fourth-order valence-corrected chi connectivity index (χ4v) is 5.26. The van der Waals surface area contributed by atoms with Crippen LogP contribution in [-0.2, 0) is 16.6 Å². The fourth-order valence-electron chi connectivity index (χ4n) is 4.24. The number of hydrogen-bond acceptors (Lipinski definition) is 4. The minimum absolute atomic E-state index is 0.0964. The van der Waals surface area contributed by atoms with Gasteiger partial charge in [0.05, 0.1) is 16.6 Å². The first-order chi connectivity index (χ1) is 14.1. The smallest absolute Gasteiger partial charge is 0.289 e. The molecule has 2 aliphatic rings. The zero-order valence-corrected chi connectivity index (χ0v) is 17.3. The van der Waals surface area contributed by atoms with Gasteiger partial charge in [-0.05, 0) is 75.2 Å². The number of carbonyl (C=O) groups is 1. The molecular weight excluding hydrogens is 391 g/mol. The third-order valence-corrected chi connectivity index (χ3v) is 7.23. The molecule has 5 nitrogen and oxygen atoms in total. The van der Waals surface area contributed by atoms with Crippen LogP contribution in [0.4, 0.5) is 4.39 Å². The van der Waals surface area contributed by atoms with Crippen LogP contribution in [0, 0.1) is 5.82 Å². The number of furan rings is 1. The van der Waals surface area contributed by atoms with Gasteiger partial charge >= 0.3 is 0 Å². The number of halogens is 1. The minimum atomic E-state index is -1.35. The Balaban J connectivity index is 1.31. The van der Waals surface area contributed by atoms with Crippen molar-refractivity contribution in [2.45, 2.75) is 48.8 Å². The Hall–Kier alpha value is -1.99. The maximum absolute atomic E-state index is 13.0. The molecule has 1 amide bonds. The van der Waals surface area contributed by atoms with E-state index in [9.17, 15) is 13.4 Å². The molecule has 1 aromatic carbocycles. The van der Waals surface area contributed by atoms with Gasteiger partial charge in [0.25, 0.3) is 5.91 Å². The van der Waals surface area contributed by atoms with E-state index in [-0.39, 0.29) is 17.5 Å². The van der Waals surface area contributed by atoms with Crippen LogP contribution in [0.1, 0.15) is 48.4 Å². The highest BCUT2D eigenvalue weighted by Gasteiger charge is 2.29. The van der Waals surface area contributed by atoms with E-state index in [2.05, 4.69) is 4.90 Å². The van der Waals surface area contributed by atoms with Gasteiger partial charge in [0.15, 0.2) is 5.76 Å². The summed E-state index contributed by atoms with van der Waals surface area (Å²) in [4.78, 5) is 17.8. The maximum atomic E-state index is 13.0. The Kier molecular flexibility index (Phi) is 6.45. The minimum Gasteiger partial charge on any atom is -0.455 e. The summed E-state index contributed by atoms with van der Waals surface area (Å²) in [6.07, 6.45) is 5.92. The molecule has 3 heterocycles. The summed E-state index contributed by atoms with van der Waals surface area (Å²) in [5, 5.41) is 0. The van der Waals surface area contributed by atoms with E-state index < -0.39 is 10.8 Å². The third-order valence-electron chi connectivity index (χ3n) is 5.88. The topological polar surface area (TPSA) is 53.8 Å². The fraction of sp³-hybridized carbons (Fsp3) is 0.500. The van der Waals surface area contributed by atoms with E-state index in [1.54, 1.807) is 12.1 Å². The molecule has 0 N–H and O–H groups in total. The Bertz CT molecular complexity index is 853. The molecule has 0 saturated carbocycles. The first-order valence-electron chi connectivity index (χ1n) is 10.4. The quantitative estimate of drug-likeness (QED) is 0.741. The lowest BCUT2D eigenvalue weighted by Crippen LogP contribution is -2.48. The molecule has 7 heteroatoms. The van der Waals surface area contributed by atoms with Gasteiger partial charge in [0.1, 0.15) is 11.6 Å². The number of carbonyl (C=O) groups excluding carboxylic acids is 1. The van der Waals surface area contributed by atoms with Crippen LogP contribution in [0.15, 0.2) is 45.7 Å². The van der Waals surface area contributed by atoms with E-state index in [0.29, 0.717) is 22.5 Å². The first-order valence-corrected chi connectivity index (χ1v) is 11.7. The van der Waals surface area contributed by atoms with Crippen LogP contribution >= 0.6 is 0 Å². The van der Waals surface area contributed by atoms with Crippen molar-refractivity contribution in [1.82, 2.24) is 9.80 Å². The highest BCUT2D eigenvalue weighted by Crippen LogP contribution is 2.23. The van der Waals surface area contributed by atoms with Crippen molar-refractivity contribution >= 4 is 16.7 Å². The van der Waals surface area contributed by atoms with Gasteiger partial charge in [-0.15, -0.1) is 0 Å². The standard InChI is InChI=1S/C22H27FN2O3S/c23-17-4-7-20(8-5-17)29(27)16-19-6-9-21(28-19)22(26)25-14-10-18(11-15-25)24-12-2-1-3-13-24/h4-9,18H,1-3,10-16H2/t29-/m1/s1. The molecule has 0 unspecified atom stereocenters. The zero-order valence-electron chi connectivity index (χ0n) is 16.5. The summed E-state index contributed by atoms with van der Waals surface area (Å²) >= 11 is 0. The molecule has 2 aliphatic heterocycles. The van der Waals surface area contributed by atoms with Crippen LogP contribution in [-0.4, -0.2) is 52.1 Å². The van der Waals surface area contributed by atoms with Gasteiger partial charge < -0.3 is 14.2 Å². The second-order valence-corrected chi connectivity index (χ2v) is 9.28. The van der Waals surface area contributed by atoms with Crippen LogP contribution < -0.4 is 0 Å². The van der Waals surface area contributed by atoms with Crippen molar-refractivity contribution in [3.8, 4) is 0 Å². The van der Waals surface area contributed by atoms with Gasteiger partial charge in [-0.2, -0.15) is 0 Å². The monoisotopic (exact) mass is 418 g/mol. The second-order valence-electron chi connectivity index (χ2n) is 7.83. The Morgan fingerprint density at radius 3 is 2.38 bits per heavy atom. The van der Waals surface area contributed by atoms with Gasteiger partial charge in [-0.1, -0.05) is 6.42 Å². The molecule has 2 fully saturated rings. The molecule has 0 bridgehead atoms. The second kappa shape index (κ2) is 9.22. The predicted molar refractivity (Wildman–Crippen MR) is 110 cm³/mol. The van der Waals surface area contributed by atoms with Gasteiger partial charge in [-0.25, -0.2) is 4.39 Å². The van der Waals surface area contributed by atoms with Gasteiger partial charge in [0, 0.05) is 24.0 Å². The molecule has 4 rings (SSSR count). The van der Waals surface area contributed by atoms with Crippen molar-refractivity contribution in [2.24, 2.45) is 0 Å². The number of piperidine rings is 2.